The van der Waals surface area contributed by atoms with Crippen molar-refractivity contribution in [2.45, 2.75) is 30.4 Å². The molecule has 3 saturated carbocycles. The third kappa shape index (κ3) is 0.385. The predicted octanol–water partition coefficient (Wildman–Crippen LogP) is 0.0882. The average molecular weight is 131 g/mol. The maximum absolute atomic E-state index is 9.20. The molecule has 2 N–H and O–H groups in total. The molecule has 0 aromatic heterocycles. The Kier molecular flexibility index (Phi) is 0.686. The monoisotopic (exact) mass is 131 g/mol. The first-order chi connectivity index (χ1) is 3.68. The Hall–Kier alpha value is 0.270. The van der Waals surface area contributed by atoms with Gasteiger partial charge in [0, 0.05) is 5.54 Å². The molecule has 0 aliphatic heterocycles. The average Bonchev–Trinajstić information content (AvgIpc) is 1.55. The van der Waals surface area contributed by atoms with E-state index in [2.05, 4.69) is 17.5 Å². The van der Waals surface area contributed by atoms with Crippen molar-refractivity contribution in [3.05, 3.63) is 0 Å². The third-order valence-electron chi connectivity index (χ3n) is 2.24. The highest BCUT2D eigenvalue weighted by Crippen LogP contribution is 2.60. The Morgan fingerprint density at radius 2 is 1.88 bits per heavy atom. The molecule has 0 atom stereocenters. The molecule has 0 spiro atoms. The third-order valence-corrected chi connectivity index (χ3v) is 2.71. The summed E-state index contributed by atoms with van der Waals surface area (Å²) in [7, 11) is 0. The van der Waals surface area contributed by atoms with E-state index in [-0.39, 0.29) is 11.1 Å². The van der Waals surface area contributed by atoms with Crippen LogP contribution < -0.4 is 4.72 Å². The molecule has 3 rings (SSSR count). The van der Waals surface area contributed by atoms with Gasteiger partial charge in [0.1, 0.15) is 0 Å². The van der Waals surface area contributed by atoms with Crippen LogP contribution in [0.4, 0.5) is 0 Å². The van der Waals surface area contributed by atoms with Crippen molar-refractivity contribution in [2.24, 2.45) is 0 Å². The number of thiol groups is 1. The summed E-state index contributed by atoms with van der Waals surface area (Å²) in [5.74, 6) is 0. The van der Waals surface area contributed by atoms with Gasteiger partial charge in [-0.3, -0.25) is 4.72 Å². The lowest BCUT2D eigenvalue weighted by atomic mass is 9.47. The van der Waals surface area contributed by atoms with Crippen LogP contribution in [0.3, 0.4) is 0 Å². The van der Waals surface area contributed by atoms with Crippen LogP contribution in [0.25, 0.3) is 0 Å². The normalized spacial score (nSPS) is 59.2. The van der Waals surface area contributed by atoms with Crippen molar-refractivity contribution < 1.29 is 5.11 Å². The smallest absolute Gasteiger partial charge is 0.0701 e. The second-order valence-corrected chi connectivity index (χ2v) is 3.37. The van der Waals surface area contributed by atoms with Crippen molar-refractivity contribution >= 4 is 12.8 Å². The highest BCUT2D eigenvalue weighted by Gasteiger charge is 2.67. The summed E-state index contributed by atoms with van der Waals surface area (Å²) in [6.07, 6.45) is 2.72. The molecule has 2 bridgehead atoms. The van der Waals surface area contributed by atoms with E-state index < -0.39 is 0 Å². The first kappa shape index (κ1) is 5.09. The number of nitrogens with one attached hydrogen (secondary N) is 1. The summed E-state index contributed by atoms with van der Waals surface area (Å²) < 4.78 is 2.90. The van der Waals surface area contributed by atoms with Crippen molar-refractivity contribution in [1.29, 1.82) is 0 Å². The molecule has 0 amide bonds. The zero-order chi connectivity index (χ0) is 5.83. The second kappa shape index (κ2) is 1.08. The first-order valence-corrected chi connectivity index (χ1v) is 3.27. The van der Waals surface area contributed by atoms with E-state index in [0.29, 0.717) is 0 Å². The number of aliphatic hydroxyl groups is 1. The van der Waals surface area contributed by atoms with Gasteiger partial charge >= 0.3 is 0 Å². The number of rotatable bonds is 1. The second-order valence-electron chi connectivity index (χ2n) is 3.15. The zero-order valence-corrected chi connectivity index (χ0v) is 5.41. The van der Waals surface area contributed by atoms with Crippen LogP contribution in [-0.2, 0) is 0 Å². The van der Waals surface area contributed by atoms with Gasteiger partial charge in [-0.25, -0.2) is 0 Å². The standard InChI is InChI=1S/C5H9NOS/c7-5-1-4(2-5,3-5)6-8/h6-8H,1-3H2. The van der Waals surface area contributed by atoms with Crippen LogP contribution >= 0.6 is 12.8 Å². The van der Waals surface area contributed by atoms with E-state index in [1.165, 1.54) is 0 Å². The molecular weight excluding hydrogens is 122 g/mol. The van der Waals surface area contributed by atoms with E-state index in [1.54, 1.807) is 0 Å². The van der Waals surface area contributed by atoms with E-state index in [0.717, 1.165) is 19.3 Å². The quantitative estimate of drug-likeness (QED) is 0.441. The number of hydrogen-bond acceptors (Lipinski definition) is 3. The first-order valence-electron chi connectivity index (χ1n) is 2.82. The largest absolute Gasteiger partial charge is 0.390 e. The molecule has 8 heavy (non-hydrogen) atoms. The van der Waals surface area contributed by atoms with Gasteiger partial charge in [-0.2, -0.15) is 0 Å². The summed E-state index contributed by atoms with van der Waals surface area (Å²) in [5.41, 5.74) is -0.0480. The molecule has 3 heteroatoms. The minimum Gasteiger partial charge on any atom is -0.390 e. The Morgan fingerprint density at radius 3 is 2.00 bits per heavy atom. The molecule has 0 radical (unpaired) electrons. The molecule has 46 valence electrons. The van der Waals surface area contributed by atoms with Crippen LogP contribution in [-0.4, -0.2) is 16.2 Å². The fourth-order valence-electron chi connectivity index (χ4n) is 1.85. The van der Waals surface area contributed by atoms with Crippen LogP contribution in [0.5, 0.6) is 0 Å². The summed E-state index contributed by atoms with van der Waals surface area (Å²) in [5, 5.41) is 9.20. The van der Waals surface area contributed by atoms with Crippen LogP contribution in [0.2, 0.25) is 0 Å². The molecule has 3 aliphatic rings. The topological polar surface area (TPSA) is 32.3 Å². The van der Waals surface area contributed by atoms with E-state index in [1.807, 2.05) is 0 Å². The van der Waals surface area contributed by atoms with Gasteiger partial charge in [0.25, 0.3) is 0 Å². The zero-order valence-electron chi connectivity index (χ0n) is 4.52. The maximum Gasteiger partial charge on any atom is 0.0701 e. The Balaban J connectivity index is 2.04. The van der Waals surface area contributed by atoms with Gasteiger partial charge in [0.05, 0.1) is 5.60 Å². The lowest BCUT2D eigenvalue weighted by molar-refractivity contribution is -0.211. The fraction of sp³-hybridized carbons (Fsp3) is 1.00. The van der Waals surface area contributed by atoms with E-state index in [4.69, 9.17) is 0 Å². The van der Waals surface area contributed by atoms with Gasteiger partial charge in [-0.1, -0.05) is 12.8 Å². The van der Waals surface area contributed by atoms with Crippen molar-refractivity contribution in [3.8, 4) is 0 Å². The van der Waals surface area contributed by atoms with Gasteiger partial charge in [-0.05, 0) is 19.3 Å². The van der Waals surface area contributed by atoms with Gasteiger partial charge in [-0.15, -0.1) is 0 Å². The molecule has 0 heterocycles. The lowest BCUT2D eigenvalue weighted by Gasteiger charge is -2.67. The minimum absolute atomic E-state index is 0.234. The molecule has 2 nitrogen and oxygen atoms in total. The summed E-state index contributed by atoms with van der Waals surface area (Å²) in [4.78, 5) is 0. The van der Waals surface area contributed by atoms with Crippen LogP contribution in [0.1, 0.15) is 19.3 Å². The molecule has 0 aromatic carbocycles. The van der Waals surface area contributed by atoms with Gasteiger partial charge < -0.3 is 5.11 Å². The summed E-state index contributed by atoms with van der Waals surface area (Å²) in [6.45, 7) is 0. The molecule has 0 unspecified atom stereocenters. The molecule has 0 aromatic rings. The molecule has 0 saturated heterocycles. The van der Waals surface area contributed by atoms with Crippen molar-refractivity contribution in [2.75, 3.05) is 0 Å². The highest BCUT2D eigenvalue weighted by atomic mass is 32.1. The fourth-order valence-corrected chi connectivity index (χ4v) is 2.09. The lowest BCUT2D eigenvalue weighted by Crippen LogP contribution is -2.76. The van der Waals surface area contributed by atoms with Gasteiger partial charge in [0.15, 0.2) is 0 Å². The number of hydrogen-bond donors (Lipinski definition) is 3. The Bertz CT molecular complexity index is 117. The van der Waals surface area contributed by atoms with Crippen molar-refractivity contribution in [1.82, 2.24) is 4.72 Å². The molecule has 3 fully saturated rings. The molecular formula is C5H9NOS. The van der Waals surface area contributed by atoms with Crippen LogP contribution in [0.15, 0.2) is 0 Å². The SMILES string of the molecule is OC12CC(NS)(C1)C2. The highest BCUT2D eigenvalue weighted by molar-refractivity contribution is 7.78. The molecule has 3 aliphatic carbocycles. The Labute approximate surface area is 53.8 Å². The maximum atomic E-state index is 9.20. The summed E-state index contributed by atoms with van der Waals surface area (Å²) >= 11 is 3.95. The summed E-state index contributed by atoms with van der Waals surface area (Å²) in [6, 6.07) is 0. The van der Waals surface area contributed by atoms with E-state index in [9.17, 15) is 5.11 Å². The Morgan fingerprint density at radius 1 is 1.38 bits per heavy atom. The van der Waals surface area contributed by atoms with Crippen LogP contribution in [0, 0.1) is 0 Å². The minimum atomic E-state index is -0.282. The van der Waals surface area contributed by atoms with Crippen molar-refractivity contribution in [3.63, 3.8) is 0 Å². The van der Waals surface area contributed by atoms with E-state index >= 15 is 0 Å². The van der Waals surface area contributed by atoms with Gasteiger partial charge in [0.2, 0.25) is 0 Å². The predicted molar refractivity (Wildman–Crippen MR) is 33.7 cm³/mol.